The van der Waals surface area contributed by atoms with Crippen molar-refractivity contribution < 1.29 is 9.53 Å². The number of rotatable bonds is 4. The van der Waals surface area contributed by atoms with Crippen LogP contribution in [0, 0.1) is 11.8 Å². The molecule has 22 heavy (non-hydrogen) atoms. The molecule has 3 fully saturated rings. The molecule has 3 atom stereocenters. The van der Waals surface area contributed by atoms with Crippen LogP contribution in [0.1, 0.15) is 30.6 Å². The summed E-state index contributed by atoms with van der Waals surface area (Å²) in [5.74, 6) is 1.08. The summed E-state index contributed by atoms with van der Waals surface area (Å²) in [6.45, 7) is 3.86. The van der Waals surface area contributed by atoms with E-state index in [2.05, 4.69) is 27.7 Å². The average molecular weight is 320 g/mol. The number of amides is 1. The third-order valence-corrected chi connectivity index (χ3v) is 5.93. The number of fused-ring (bicyclic) bond motifs is 1. The Hall–Kier alpha value is -0.910. The number of likely N-dealkylation sites (tertiary alicyclic amines) is 1. The second-order valence-corrected chi connectivity index (χ2v) is 7.93. The van der Waals surface area contributed by atoms with Crippen LogP contribution in [-0.4, -0.2) is 42.6 Å². The zero-order valence-corrected chi connectivity index (χ0v) is 13.7. The summed E-state index contributed by atoms with van der Waals surface area (Å²) in [6.07, 6.45) is 4.72. The minimum absolute atomic E-state index is 0.159. The van der Waals surface area contributed by atoms with Crippen LogP contribution in [0.3, 0.4) is 0 Å². The molecule has 1 aliphatic carbocycles. The van der Waals surface area contributed by atoms with E-state index in [-0.39, 0.29) is 24.0 Å². The Bertz CT molecular complexity index is 515. The molecule has 1 N–H and O–H groups in total. The van der Waals surface area contributed by atoms with Gasteiger partial charge in [-0.15, -0.1) is 11.3 Å². The van der Waals surface area contributed by atoms with Gasteiger partial charge in [-0.05, 0) is 43.0 Å². The summed E-state index contributed by atoms with van der Waals surface area (Å²) in [7, 11) is 0. The van der Waals surface area contributed by atoms with Gasteiger partial charge in [-0.1, -0.05) is 6.07 Å². The molecular weight excluding hydrogens is 296 g/mol. The third kappa shape index (κ3) is 3.21. The molecule has 3 heterocycles. The molecule has 5 heteroatoms. The number of piperidine rings is 1. The van der Waals surface area contributed by atoms with Crippen molar-refractivity contribution in [1.29, 1.82) is 0 Å². The summed E-state index contributed by atoms with van der Waals surface area (Å²) >= 11 is 1.82. The second-order valence-electron chi connectivity index (χ2n) is 6.90. The van der Waals surface area contributed by atoms with Crippen LogP contribution < -0.4 is 5.32 Å². The van der Waals surface area contributed by atoms with Crippen LogP contribution in [0.25, 0.3) is 0 Å². The Labute approximate surface area is 135 Å². The molecule has 3 aliphatic rings. The SMILES string of the molecule is O=C(N[C@@H]1CN(Cc2cccs2)C[C@@H]2CCCO[C@@H]21)C1CC1. The maximum absolute atomic E-state index is 12.2. The first-order valence-electron chi connectivity index (χ1n) is 8.46. The maximum Gasteiger partial charge on any atom is 0.223 e. The lowest BCUT2D eigenvalue weighted by molar-refractivity contribution is -0.129. The first-order valence-corrected chi connectivity index (χ1v) is 9.34. The summed E-state index contributed by atoms with van der Waals surface area (Å²) in [5.41, 5.74) is 0. The minimum Gasteiger partial charge on any atom is -0.376 e. The van der Waals surface area contributed by atoms with Gasteiger partial charge in [-0.3, -0.25) is 9.69 Å². The molecule has 1 saturated carbocycles. The third-order valence-electron chi connectivity index (χ3n) is 5.07. The predicted molar refractivity (Wildman–Crippen MR) is 86.7 cm³/mol. The number of thiophene rings is 1. The largest absolute Gasteiger partial charge is 0.376 e. The molecule has 0 unspecified atom stereocenters. The first-order chi connectivity index (χ1) is 10.8. The van der Waals surface area contributed by atoms with Gasteiger partial charge in [-0.25, -0.2) is 0 Å². The molecule has 0 spiro atoms. The van der Waals surface area contributed by atoms with Crippen molar-refractivity contribution >= 4 is 17.2 Å². The highest BCUT2D eigenvalue weighted by Crippen LogP contribution is 2.32. The Kier molecular flexibility index (Phi) is 4.20. The standard InChI is InChI=1S/C17H24N2O2S/c20-17(12-5-6-12)18-15-11-19(10-14-4-2-8-22-14)9-13-3-1-7-21-16(13)15/h2,4,8,12-13,15-16H,1,3,5-7,9-11H2,(H,18,20)/t13-,15+,16-/m0/s1. The lowest BCUT2D eigenvalue weighted by Crippen LogP contribution is -2.61. The fourth-order valence-corrected chi connectivity index (χ4v) is 4.57. The maximum atomic E-state index is 12.2. The molecule has 2 aliphatic heterocycles. The highest BCUT2D eigenvalue weighted by Gasteiger charge is 2.41. The highest BCUT2D eigenvalue weighted by molar-refractivity contribution is 7.09. The van der Waals surface area contributed by atoms with Crippen LogP contribution in [0.2, 0.25) is 0 Å². The quantitative estimate of drug-likeness (QED) is 0.925. The minimum atomic E-state index is 0.159. The van der Waals surface area contributed by atoms with Gasteiger partial charge in [0.1, 0.15) is 0 Å². The topological polar surface area (TPSA) is 41.6 Å². The zero-order chi connectivity index (χ0) is 14.9. The Morgan fingerprint density at radius 2 is 2.27 bits per heavy atom. The average Bonchev–Trinajstić information content (AvgIpc) is 3.26. The van der Waals surface area contributed by atoms with Gasteiger partial charge in [0, 0.05) is 37.0 Å². The highest BCUT2D eigenvalue weighted by atomic mass is 32.1. The van der Waals surface area contributed by atoms with E-state index in [4.69, 9.17) is 4.74 Å². The van der Waals surface area contributed by atoms with E-state index >= 15 is 0 Å². The molecular formula is C17H24N2O2S. The van der Waals surface area contributed by atoms with Crippen LogP contribution in [-0.2, 0) is 16.1 Å². The molecule has 2 saturated heterocycles. The van der Waals surface area contributed by atoms with Crippen LogP contribution in [0.15, 0.2) is 17.5 Å². The number of carbonyl (C=O) groups is 1. The van der Waals surface area contributed by atoms with Gasteiger partial charge >= 0.3 is 0 Å². The predicted octanol–water partition coefficient (Wildman–Crippen LogP) is 2.25. The van der Waals surface area contributed by atoms with E-state index in [0.29, 0.717) is 5.92 Å². The normalized spacial score (nSPS) is 32.5. The lowest BCUT2D eigenvalue weighted by Gasteiger charge is -2.46. The van der Waals surface area contributed by atoms with E-state index in [1.807, 2.05) is 11.3 Å². The van der Waals surface area contributed by atoms with E-state index in [9.17, 15) is 4.79 Å². The van der Waals surface area contributed by atoms with Crippen LogP contribution >= 0.6 is 11.3 Å². The Balaban J connectivity index is 1.45. The van der Waals surface area contributed by atoms with Gasteiger partial charge in [-0.2, -0.15) is 0 Å². The van der Waals surface area contributed by atoms with Gasteiger partial charge in [0.25, 0.3) is 0 Å². The summed E-state index contributed by atoms with van der Waals surface area (Å²) in [5, 5.41) is 5.42. The molecule has 1 aromatic heterocycles. The van der Waals surface area contributed by atoms with E-state index in [1.54, 1.807) is 0 Å². The van der Waals surface area contributed by atoms with Crippen molar-refractivity contribution in [2.45, 2.75) is 44.4 Å². The van der Waals surface area contributed by atoms with E-state index in [0.717, 1.165) is 45.5 Å². The Morgan fingerprint density at radius 3 is 3.05 bits per heavy atom. The van der Waals surface area contributed by atoms with Gasteiger partial charge < -0.3 is 10.1 Å². The van der Waals surface area contributed by atoms with E-state index in [1.165, 1.54) is 11.3 Å². The monoisotopic (exact) mass is 320 g/mol. The van der Waals surface area contributed by atoms with Crippen molar-refractivity contribution in [2.75, 3.05) is 19.7 Å². The number of nitrogens with one attached hydrogen (secondary N) is 1. The molecule has 4 rings (SSSR count). The van der Waals surface area contributed by atoms with Crippen molar-refractivity contribution in [3.05, 3.63) is 22.4 Å². The second kappa shape index (κ2) is 6.30. The van der Waals surface area contributed by atoms with Gasteiger partial charge in [0.2, 0.25) is 5.91 Å². The van der Waals surface area contributed by atoms with Crippen molar-refractivity contribution in [2.24, 2.45) is 11.8 Å². The Morgan fingerprint density at radius 1 is 1.36 bits per heavy atom. The van der Waals surface area contributed by atoms with Crippen molar-refractivity contribution in [1.82, 2.24) is 10.2 Å². The number of hydrogen-bond donors (Lipinski definition) is 1. The van der Waals surface area contributed by atoms with Crippen LogP contribution in [0.5, 0.6) is 0 Å². The van der Waals surface area contributed by atoms with Crippen molar-refractivity contribution in [3.63, 3.8) is 0 Å². The lowest BCUT2D eigenvalue weighted by atomic mass is 9.85. The molecule has 0 bridgehead atoms. The molecule has 4 nitrogen and oxygen atoms in total. The van der Waals surface area contributed by atoms with Gasteiger partial charge in [0.15, 0.2) is 0 Å². The number of nitrogens with zero attached hydrogens (tertiary/aromatic N) is 1. The number of carbonyl (C=O) groups excluding carboxylic acids is 1. The fraction of sp³-hybridized carbons (Fsp3) is 0.706. The van der Waals surface area contributed by atoms with Crippen molar-refractivity contribution in [3.8, 4) is 0 Å². The molecule has 0 radical (unpaired) electrons. The van der Waals surface area contributed by atoms with Gasteiger partial charge in [0.05, 0.1) is 12.1 Å². The van der Waals surface area contributed by atoms with E-state index < -0.39 is 0 Å². The molecule has 1 aromatic rings. The zero-order valence-electron chi connectivity index (χ0n) is 12.9. The molecule has 120 valence electrons. The smallest absolute Gasteiger partial charge is 0.223 e. The number of ether oxygens (including phenoxy) is 1. The van der Waals surface area contributed by atoms with Crippen LogP contribution in [0.4, 0.5) is 0 Å². The molecule has 0 aromatic carbocycles. The summed E-state index contributed by atoms with van der Waals surface area (Å²) < 4.78 is 6.04. The fourth-order valence-electron chi connectivity index (χ4n) is 3.82. The summed E-state index contributed by atoms with van der Waals surface area (Å²) in [4.78, 5) is 16.1. The molecule has 1 amide bonds. The number of hydrogen-bond acceptors (Lipinski definition) is 4. The first kappa shape index (κ1) is 14.7. The summed E-state index contributed by atoms with van der Waals surface area (Å²) in [6, 6.07) is 4.47.